The molecule has 55 heavy (non-hydrogen) atoms. The van der Waals surface area contributed by atoms with Crippen molar-refractivity contribution in [2.24, 2.45) is 0 Å². The van der Waals surface area contributed by atoms with Crippen LogP contribution < -0.4 is 0 Å². The first-order valence-electron chi connectivity index (χ1n) is 21.7. The molecular weight excluding hydrogens is 700 g/mol. The highest BCUT2D eigenvalue weighted by Crippen LogP contribution is 2.22. The predicted molar refractivity (Wildman–Crippen MR) is 219 cm³/mol. The van der Waals surface area contributed by atoms with Crippen molar-refractivity contribution in [1.82, 2.24) is 0 Å². The normalized spacial score (nSPS) is 21.0. The fourth-order valence-electron chi connectivity index (χ4n) is 6.19. The largest absolute Gasteiger partial charge is 0.462 e. The molecule has 0 amide bonds. The monoisotopic (exact) mass is 779 g/mol. The van der Waals surface area contributed by atoms with E-state index in [0.717, 1.165) is 51.4 Å². The summed E-state index contributed by atoms with van der Waals surface area (Å²) >= 11 is 0. The van der Waals surface area contributed by atoms with Crippen molar-refractivity contribution in [3.05, 3.63) is 48.6 Å². The summed E-state index contributed by atoms with van der Waals surface area (Å²) in [6.07, 6.45) is 34.1. The van der Waals surface area contributed by atoms with Gasteiger partial charge in [-0.3, -0.25) is 9.59 Å². The van der Waals surface area contributed by atoms with Crippen LogP contribution >= 0.6 is 0 Å². The highest BCUT2D eigenvalue weighted by molar-refractivity contribution is 5.70. The van der Waals surface area contributed by atoms with Gasteiger partial charge in [0.25, 0.3) is 0 Å². The number of allylic oxidation sites excluding steroid dienone is 8. The Morgan fingerprint density at radius 1 is 0.564 bits per heavy atom. The smallest absolute Gasteiger partial charge is 0.306 e. The van der Waals surface area contributed by atoms with Crippen LogP contribution in [0.2, 0.25) is 0 Å². The molecule has 1 aliphatic heterocycles. The Labute approximate surface area is 333 Å². The number of aliphatic hydroxyl groups excluding tert-OH is 4. The molecule has 0 saturated carbocycles. The fraction of sp³-hybridized carbons (Fsp3) is 0.778. The topological polar surface area (TPSA) is 152 Å². The van der Waals surface area contributed by atoms with E-state index in [1.807, 2.05) is 0 Å². The van der Waals surface area contributed by atoms with Crippen LogP contribution in [0.15, 0.2) is 48.6 Å². The minimum atomic E-state index is -1.60. The number of rotatable bonds is 35. The van der Waals surface area contributed by atoms with Gasteiger partial charge in [0.2, 0.25) is 0 Å². The molecule has 0 aromatic heterocycles. The fourth-order valence-corrected chi connectivity index (χ4v) is 6.19. The maximum Gasteiger partial charge on any atom is 0.306 e. The van der Waals surface area contributed by atoms with E-state index in [0.29, 0.717) is 12.8 Å². The molecule has 0 bridgehead atoms. The van der Waals surface area contributed by atoms with Crippen LogP contribution in [0.3, 0.4) is 0 Å². The zero-order chi connectivity index (χ0) is 40.2. The van der Waals surface area contributed by atoms with Crippen LogP contribution in [0.1, 0.15) is 168 Å². The van der Waals surface area contributed by atoms with Gasteiger partial charge in [-0.1, -0.05) is 127 Å². The van der Waals surface area contributed by atoms with Crippen molar-refractivity contribution in [3.8, 4) is 0 Å². The number of ether oxygens (including phenoxy) is 4. The highest BCUT2D eigenvalue weighted by atomic mass is 16.7. The summed E-state index contributed by atoms with van der Waals surface area (Å²) in [5, 5.41) is 40.0. The van der Waals surface area contributed by atoms with Gasteiger partial charge in [-0.15, -0.1) is 0 Å². The Kier molecular flexibility index (Phi) is 33.2. The Morgan fingerprint density at radius 2 is 1.02 bits per heavy atom. The number of carbonyl (C=O) groups excluding carboxylic acids is 2. The van der Waals surface area contributed by atoms with Crippen LogP contribution in [0.5, 0.6) is 0 Å². The predicted octanol–water partition coefficient (Wildman–Crippen LogP) is 8.88. The first-order valence-corrected chi connectivity index (χ1v) is 21.7. The van der Waals surface area contributed by atoms with Gasteiger partial charge in [-0.2, -0.15) is 0 Å². The standard InChI is InChI=1S/C45H78O10/c1-3-5-7-9-11-13-15-17-19-21-23-25-27-29-31-33-40(47)52-36-38(37-53-45-44(51)43(50)42(49)39(35-46)55-45)54-41(48)34-32-30-28-26-24-22-20-18-16-14-12-10-8-6-4-2/h12,14,18,20,23-26,38-39,42-46,49-51H,3-11,13,15-17,19,21-22,27-37H2,1-2H3/b14-12+,20-18+,25-23+,26-24+/t38-,39-,42+,43?,44?,45-/m0/s1. The average Bonchev–Trinajstić information content (AvgIpc) is 3.18. The molecule has 1 aliphatic rings. The number of hydrogen-bond acceptors (Lipinski definition) is 10. The summed E-state index contributed by atoms with van der Waals surface area (Å²) in [6, 6.07) is 0. The first-order chi connectivity index (χ1) is 26.8. The van der Waals surface area contributed by atoms with Crippen molar-refractivity contribution >= 4 is 11.9 Å². The summed E-state index contributed by atoms with van der Waals surface area (Å²) in [6.45, 7) is 3.32. The third-order valence-electron chi connectivity index (χ3n) is 9.69. The lowest BCUT2D eigenvalue weighted by Gasteiger charge is -2.39. The van der Waals surface area contributed by atoms with Crippen molar-refractivity contribution < 1.29 is 49.0 Å². The summed E-state index contributed by atoms with van der Waals surface area (Å²) in [4.78, 5) is 25.3. The van der Waals surface area contributed by atoms with E-state index in [-0.39, 0.29) is 26.1 Å². The maximum absolute atomic E-state index is 12.7. The molecule has 0 aromatic rings. The Hall–Kier alpha value is -2.34. The van der Waals surface area contributed by atoms with Crippen LogP contribution in [0, 0.1) is 0 Å². The summed E-state index contributed by atoms with van der Waals surface area (Å²) < 4.78 is 22.1. The zero-order valence-electron chi connectivity index (χ0n) is 34.4. The van der Waals surface area contributed by atoms with Crippen molar-refractivity contribution in [2.45, 2.75) is 205 Å². The minimum Gasteiger partial charge on any atom is -0.462 e. The number of aliphatic hydroxyl groups is 4. The first kappa shape index (κ1) is 50.7. The molecule has 0 aliphatic carbocycles. The SMILES string of the molecule is CCCCC/C=C/C/C=C/C/C=C/CCCCC(=O)O[C@@H](COC(=O)CCCC/C=C/CCCCCCCCCCC)CO[C@H]1O[C@@H](CO)[C@@H](O)C(O)C1O. The van der Waals surface area contributed by atoms with Crippen LogP contribution in [0.4, 0.5) is 0 Å². The lowest BCUT2D eigenvalue weighted by atomic mass is 9.99. The summed E-state index contributed by atoms with van der Waals surface area (Å²) in [5.41, 5.74) is 0. The molecule has 318 valence electrons. The number of hydrogen-bond donors (Lipinski definition) is 4. The van der Waals surface area contributed by atoms with Gasteiger partial charge < -0.3 is 39.4 Å². The van der Waals surface area contributed by atoms with E-state index >= 15 is 0 Å². The van der Waals surface area contributed by atoms with Crippen LogP contribution in [-0.2, 0) is 28.5 Å². The molecule has 0 spiro atoms. The summed E-state index contributed by atoms with van der Waals surface area (Å²) in [5.74, 6) is -0.879. The van der Waals surface area contributed by atoms with Gasteiger partial charge in [0.05, 0.1) is 13.2 Å². The van der Waals surface area contributed by atoms with Gasteiger partial charge >= 0.3 is 11.9 Å². The molecular formula is C45H78O10. The van der Waals surface area contributed by atoms with Crippen molar-refractivity contribution in [3.63, 3.8) is 0 Å². The second-order valence-corrected chi connectivity index (χ2v) is 14.8. The van der Waals surface area contributed by atoms with Crippen LogP contribution in [-0.4, -0.2) is 89.0 Å². The van der Waals surface area contributed by atoms with Gasteiger partial charge in [0, 0.05) is 12.8 Å². The Morgan fingerprint density at radius 3 is 1.58 bits per heavy atom. The summed E-state index contributed by atoms with van der Waals surface area (Å²) in [7, 11) is 0. The molecule has 10 heteroatoms. The minimum absolute atomic E-state index is 0.176. The third kappa shape index (κ3) is 27.8. The molecule has 6 atom stereocenters. The van der Waals surface area contributed by atoms with E-state index in [2.05, 4.69) is 62.5 Å². The van der Waals surface area contributed by atoms with Gasteiger partial charge in [0.1, 0.15) is 31.0 Å². The molecule has 1 fully saturated rings. The molecule has 0 aromatic carbocycles. The Bertz CT molecular complexity index is 1040. The molecule has 2 unspecified atom stereocenters. The maximum atomic E-state index is 12.7. The average molecular weight is 779 g/mol. The van der Waals surface area contributed by atoms with E-state index in [1.165, 1.54) is 77.0 Å². The number of carbonyl (C=O) groups is 2. The second kappa shape index (κ2) is 36.0. The molecule has 4 N–H and O–H groups in total. The molecule has 1 saturated heterocycles. The highest BCUT2D eigenvalue weighted by Gasteiger charge is 2.44. The van der Waals surface area contributed by atoms with Crippen LogP contribution in [0.25, 0.3) is 0 Å². The lowest BCUT2D eigenvalue weighted by Crippen LogP contribution is -2.59. The van der Waals surface area contributed by atoms with Crippen molar-refractivity contribution in [2.75, 3.05) is 19.8 Å². The van der Waals surface area contributed by atoms with E-state index in [1.54, 1.807) is 0 Å². The molecule has 1 heterocycles. The van der Waals surface area contributed by atoms with Crippen molar-refractivity contribution in [1.29, 1.82) is 0 Å². The number of unbranched alkanes of at least 4 members (excludes halogenated alkanes) is 16. The lowest BCUT2D eigenvalue weighted by molar-refractivity contribution is -0.305. The zero-order valence-corrected chi connectivity index (χ0v) is 34.4. The van der Waals surface area contributed by atoms with Gasteiger partial charge in [-0.05, 0) is 77.0 Å². The quantitative estimate of drug-likeness (QED) is 0.0279. The Balaban J connectivity index is 2.40. The van der Waals surface area contributed by atoms with Gasteiger partial charge in [-0.25, -0.2) is 0 Å². The van der Waals surface area contributed by atoms with Gasteiger partial charge in [0.15, 0.2) is 12.4 Å². The third-order valence-corrected chi connectivity index (χ3v) is 9.69. The van der Waals surface area contributed by atoms with E-state index < -0.39 is 55.4 Å². The second-order valence-electron chi connectivity index (χ2n) is 14.8. The molecule has 10 nitrogen and oxygen atoms in total. The van der Waals surface area contributed by atoms with E-state index in [4.69, 9.17) is 18.9 Å². The molecule has 0 radical (unpaired) electrons. The van der Waals surface area contributed by atoms with E-state index in [9.17, 15) is 30.0 Å². The molecule has 1 rings (SSSR count). The number of esters is 2.